The summed E-state index contributed by atoms with van der Waals surface area (Å²) in [6, 6.07) is 3.57. The first-order valence-electron chi connectivity index (χ1n) is 7.60. The van der Waals surface area contributed by atoms with E-state index in [4.69, 9.17) is 14.2 Å². The molecule has 0 aliphatic heterocycles. The monoisotopic (exact) mass is 330 g/mol. The van der Waals surface area contributed by atoms with Crippen LogP contribution in [0.5, 0.6) is 17.2 Å². The lowest BCUT2D eigenvalue weighted by atomic mass is 10.1. The number of nitrogens with zero attached hydrogens (tertiary/aromatic N) is 2. The van der Waals surface area contributed by atoms with Gasteiger partial charge >= 0.3 is 0 Å². The molecule has 6 nitrogen and oxygen atoms in total. The fraction of sp³-hybridized carbons (Fsp3) is 0.333. The second kappa shape index (κ2) is 7.68. The summed E-state index contributed by atoms with van der Waals surface area (Å²) in [4.78, 5) is 12.4. The average molecular weight is 330 g/mol. The highest BCUT2D eigenvalue weighted by Crippen LogP contribution is 2.38. The van der Waals surface area contributed by atoms with Gasteiger partial charge in [-0.3, -0.25) is 9.48 Å². The number of ketones is 1. The van der Waals surface area contributed by atoms with Crippen LogP contribution in [0.2, 0.25) is 0 Å². The minimum atomic E-state index is -0.0963. The van der Waals surface area contributed by atoms with Gasteiger partial charge in [0.1, 0.15) is 0 Å². The number of allylic oxidation sites excluding steroid dienone is 1. The van der Waals surface area contributed by atoms with Crippen LogP contribution in [-0.4, -0.2) is 36.9 Å². The zero-order valence-corrected chi connectivity index (χ0v) is 14.6. The van der Waals surface area contributed by atoms with Crippen molar-refractivity contribution in [2.45, 2.75) is 20.4 Å². The summed E-state index contributed by atoms with van der Waals surface area (Å²) in [6.45, 7) is 4.60. The van der Waals surface area contributed by atoms with Crippen molar-refractivity contribution >= 4 is 11.9 Å². The van der Waals surface area contributed by atoms with Crippen molar-refractivity contribution in [1.82, 2.24) is 9.78 Å². The normalized spacial score (nSPS) is 10.9. The van der Waals surface area contributed by atoms with Crippen molar-refractivity contribution in [2.24, 2.45) is 0 Å². The maximum atomic E-state index is 12.4. The quantitative estimate of drug-likeness (QED) is 0.576. The highest BCUT2D eigenvalue weighted by molar-refractivity contribution is 6.07. The van der Waals surface area contributed by atoms with Crippen molar-refractivity contribution in [3.63, 3.8) is 0 Å². The molecule has 6 heteroatoms. The highest BCUT2D eigenvalue weighted by Gasteiger charge is 2.13. The van der Waals surface area contributed by atoms with Crippen LogP contribution in [0.15, 0.2) is 24.4 Å². The van der Waals surface area contributed by atoms with Crippen LogP contribution in [0, 0.1) is 6.92 Å². The van der Waals surface area contributed by atoms with E-state index < -0.39 is 0 Å². The molecule has 0 aliphatic carbocycles. The zero-order valence-electron chi connectivity index (χ0n) is 14.6. The van der Waals surface area contributed by atoms with E-state index in [1.807, 2.05) is 13.8 Å². The van der Waals surface area contributed by atoms with Crippen LogP contribution < -0.4 is 14.2 Å². The molecular weight excluding hydrogens is 308 g/mol. The molecule has 0 saturated heterocycles. The third-order valence-corrected chi connectivity index (χ3v) is 3.78. The molecule has 0 bridgehead atoms. The number of aryl methyl sites for hydroxylation is 1. The standard InChI is InChI=1S/C18H22N2O4/c1-6-20-12(2)14(11-19-20)15(21)8-7-13-9-16(22-3)18(24-5)17(10-13)23-4/h7-11H,6H2,1-5H3. The van der Waals surface area contributed by atoms with Gasteiger partial charge in [-0.2, -0.15) is 5.10 Å². The predicted octanol–water partition coefficient (Wildman–Crippen LogP) is 3.13. The van der Waals surface area contributed by atoms with Crippen molar-refractivity contribution in [1.29, 1.82) is 0 Å². The molecule has 1 aromatic carbocycles. The first-order valence-corrected chi connectivity index (χ1v) is 7.60. The van der Waals surface area contributed by atoms with Gasteiger partial charge in [-0.15, -0.1) is 0 Å². The van der Waals surface area contributed by atoms with Crippen molar-refractivity contribution < 1.29 is 19.0 Å². The lowest BCUT2D eigenvalue weighted by Crippen LogP contribution is -2.01. The van der Waals surface area contributed by atoms with E-state index in [1.54, 1.807) is 50.4 Å². The van der Waals surface area contributed by atoms with Gasteiger partial charge in [-0.1, -0.05) is 6.08 Å². The average Bonchev–Trinajstić information content (AvgIpc) is 2.99. The van der Waals surface area contributed by atoms with E-state index in [0.29, 0.717) is 22.8 Å². The van der Waals surface area contributed by atoms with Gasteiger partial charge in [0.15, 0.2) is 17.3 Å². The molecule has 1 aromatic heterocycles. The molecule has 0 fully saturated rings. The summed E-state index contributed by atoms with van der Waals surface area (Å²) in [5.74, 6) is 1.50. The molecule has 0 saturated carbocycles. The van der Waals surface area contributed by atoms with E-state index in [9.17, 15) is 4.79 Å². The van der Waals surface area contributed by atoms with Crippen LogP contribution in [0.3, 0.4) is 0 Å². The van der Waals surface area contributed by atoms with E-state index in [2.05, 4.69) is 5.10 Å². The number of hydrogen-bond acceptors (Lipinski definition) is 5. The van der Waals surface area contributed by atoms with E-state index in [1.165, 1.54) is 6.08 Å². The number of aromatic nitrogens is 2. The molecule has 128 valence electrons. The topological polar surface area (TPSA) is 62.6 Å². The summed E-state index contributed by atoms with van der Waals surface area (Å²) in [5, 5.41) is 4.19. The molecule has 1 heterocycles. The Balaban J connectivity index is 2.31. The van der Waals surface area contributed by atoms with Gasteiger partial charge in [0.25, 0.3) is 0 Å². The maximum Gasteiger partial charge on any atom is 0.203 e. The first kappa shape index (κ1) is 17.6. The molecule has 0 atom stereocenters. The van der Waals surface area contributed by atoms with E-state index in [-0.39, 0.29) is 5.78 Å². The van der Waals surface area contributed by atoms with Gasteiger partial charge in [-0.05, 0) is 37.6 Å². The summed E-state index contributed by atoms with van der Waals surface area (Å²) >= 11 is 0. The molecule has 2 rings (SSSR count). The second-order valence-electron chi connectivity index (χ2n) is 5.12. The van der Waals surface area contributed by atoms with Crippen molar-refractivity contribution in [2.75, 3.05) is 21.3 Å². The smallest absolute Gasteiger partial charge is 0.203 e. The summed E-state index contributed by atoms with van der Waals surface area (Å²) in [5.41, 5.74) is 2.23. The van der Waals surface area contributed by atoms with Crippen LogP contribution in [-0.2, 0) is 6.54 Å². The van der Waals surface area contributed by atoms with E-state index in [0.717, 1.165) is 17.8 Å². The third-order valence-electron chi connectivity index (χ3n) is 3.78. The summed E-state index contributed by atoms with van der Waals surface area (Å²) < 4.78 is 17.7. The van der Waals surface area contributed by atoms with Crippen molar-refractivity contribution in [3.8, 4) is 17.2 Å². The Morgan fingerprint density at radius 3 is 2.25 bits per heavy atom. The molecule has 0 unspecified atom stereocenters. The Labute approximate surface area is 141 Å². The summed E-state index contributed by atoms with van der Waals surface area (Å²) in [7, 11) is 4.66. The van der Waals surface area contributed by atoms with Gasteiger partial charge in [0.2, 0.25) is 5.75 Å². The fourth-order valence-electron chi connectivity index (χ4n) is 2.47. The Morgan fingerprint density at radius 1 is 1.17 bits per heavy atom. The minimum Gasteiger partial charge on any atom is -0.493 e. The largest absolute Gasteiger partial charge is 0.493 e. The molecule has 0 radical (unpaired) electrons. The Kier molecular flexibility index (Phi) is 5.63. The Morgan fingerprint density at radius 2 is 1.79 bits per heavy atom. The van der Waals surface area contributed by atoms with E-state index >= 15 is 0 Å². The molecule has 2 aromatic rings. The minimum absolute atomic E-state index is 0.0963. The zero-order chi connectivity index (χ0) is 17.7. The Hall–Kier alpha value is -2.76. The SMILES string of the molecule is CCn1ncc(C(=O)C=Cc2cc(OC)c(OC)c(OC)c2)c1C. The third kappa shape index (κ3) is 3.42. The number of benzene rings is 1. The van der Waals surface area contributed by atoms with Gasteiger partial charge < -0.3 is 14.2 Å². The molecule has 24 heavy (non-hydrogen) atoms. The number of carbonyl (C=O) groups is 1. The molecule has 0 amide bonds. The van der Waals surface area contributed by atoms with Crippen LogP contribution >= 0.6 is 0 Å². The van der Waals surface area contributed by atoms with Crippen LogP contribution in [0.25, 0.3) is 6.08 Å². The fourth-order valence-corrected chi connectivity index (χ4v) is 2.47. The lowest BCUT2D eigenvalue weighted by molar-refractivity contribution is 0.104. The Bertz CT molecular complexity index is 737. The van der Waals surface area contributed by atoms with Crippen molar-refractivity contribution in [3.05, 3.63) is 41.2 Å². The van der Waals surface area contributed by atoms with Gasteiger partial charge in [0, 0.05) is 12.2 Å². The lowest BCUT2D eigenvalue weighted by Gasteiger charge is -2.12. The van der Waals surface area contributed by atoms with Gasteiger partial charge in [0.05, 0.1) is 33.1 Å². The highest BCUT2D eigenvalue weighted by atomic mass is 16.5. The second-order valence-corrected chi connectivity index (χ2v) is 5.12. The number of carbonyl (C=O) groups excluding carboxylic acids is 1. The predicted molar refractivity (Wildman–Crippen MR) is 92.1 cm³/mol. The van der Waals surface area contributed by atoms with Gasteiger partial charge in [-0.25, -0.2) is 0 Å². The number of methoxy groups -OCH3 is 3. The number of rotatable bonds is 7. The molecule has 0 N–H and O–H groups in total. The summed E-state index contributed by atoms with van der Waals surface area (Å²) in [6.07, 6.45) is 4.83. The molecule has 0 aliphatic rings. The maximum absolute atomic E-state index is 12.4. The van der Waals surface area contributed by atoms with Crippen LogP contribution in [0.1, 0.15) is 28.5 Å². The van der Waals surface area contributed by atoms with Crippen LogP contribution in [0.4, 0.5) is 0 Å². The number of hydrogen-bond donors (Lipinski definition) is 0. The number of ether oxygens (including phenoxy) is 3. The molecular formula is C18H22N2O4. The molecule has 0 spiro atoms. The first-order chi connectivity index (χ1) is 11.5.